The smallest absolute Gasteiger partial charge is 0.219 e. The largest absolute Gasteiger partial charge is 0.508 e. The third kappa shape index (κ3) is 6.31. The zero-order valence-corrected chi connectivity index (χ0v) is 18.8. The van der Waals surface area contributed by atoms with Crippen LogP contribution in [0.15, 0.2) is 72.9 Å². The maximum Gasteiger partial charge on any atom is 0.219 e. The number of rotatable bonds is 6. The van der Waals surface area contributed by atoms with Gasteiger partial charge in [0.05, 0.1) is 0 Å². The molecule has 5 rings (SSSR count). The Labute approximate surface area is 191 Å². The Morgan fingerprint density at radius 2 is 1.66 bits per heavy atom. The summed E-state index contributed by atoms with van der Waals surface area (Å²) in [6.45, 7) is 1.39. The first-order valence-electron chi connectivity index (χ1n) is 11.6. The number of phenolic OH excluding ortho intramolecular Hbond substituents is 1. The quantitative estimate of drug-likeness (QED) is 0.540. The Balaban J connectivity index is 0.000000225. The fourth-order valence-corrected chi connectivity index (χ4v) is 4.58. The van der Waals surface area contributed by atoms with Crippen molar-refractivity contribution in [1.29, 1.82) is 0 Å². The van der Waals surface area contributed by atoms with Gasteiger partial charge < -0.3 is 20.1 Å². The summed E-state index contributed by atoms with van der Waals surface area (Å²) in [5.41, 5.74) is 2.12. The van der Waals surface area contributed by atoms with Crippen LogP contribution in [0.3, 0.4) is 0 Å². The molecule has 2 aliphatic rings. The molecule has 5 heteroatoms. The number of piperidine rings is 1. The summed E-state index contributed by atoms with van der Waals surface area (Å²) in [6, 6.07) is 22.6. The number of pyridine rings is 1. The van der Waals surface area contributed by atoms with E-state index in [-0.39, 0.29) is 5.75 Å². The van der Waals surface area contributed by atoms with Crippen LogP contribution in [0.5, 0.6) is 17.4 Å². The minimum absolute atomic E-state index is 0.286. The first-order valence-corrected chi connectivity index (χ1v) is 11.6. The summed E-state index contributed by atoms with van der Waals surface area (Å²) in [4.78, 5) is 6.90. The number of aromatic hydroxyl groups is 1. The monoisotopic (exact) mass is 431 g/mol. The number of benzene rings is 2. The Kier molecular flexibility index (Phi) is 7.75. The van der Waals surface area contributed by atoms with Gasteiger partial charge in [-0.3, -0.25) is 0 Å². The van der Waals surface area contributed by atoms with Gasteiger partial charge in [-0.15, -0.1) is 0 Å². The van der Waals surface area contributed by atoms with Crippen LogP contribution in [0, 0.1) is 0 Å². The highest BCUT2D eigenvalue weighted by atomic mass is 16.5. The van der Waals surface area contributed by atoms with E-state index in [9.17, 15) is 5.11 Å². The van der Waals surface area contributed by atoms with Crippen molar-refractivity contribution in [3.8, 4) is 17.4 Å². The lowest BCUT2D eigenvalue weighted by Crippen LogP contribution is -2.35. The third-order valence-corrected chi connectivity index (χ3v) is 6.39. The molecule has 2 fully saturated rings. The van der Waals surface area contributed by atoms with E-state index in [0.717, 1.165) is 29.0 Å². The molecule has 168 valence electrons. The molecule has 0 radical (unpaired) electrons. The zero-order chi connectivity index (χ0) is 22.2. The van der Waals surface area contributed by atoms with E-state index in [1.807, 2.05) is 54.6 Å². The highest BCUT2D eigenvalue weighted by Gasteiger charge is 2.33. The van der Waals surface area contributed by atoms with Crippen molar-refractivity contribution in [2.75, 3.05) is 7.05 Å². The summed E-state index contributed by atoms with van der Waals surface area (Å²) in [5, 5.41) is 12.8. The van der Waals surface area contributed by atoms with Gasteiger partial charge in [0.1, 0.15) is 11.5 Å². The van der Waals surface area contributed by atoms with Gasteiger partial charge in [-0.25, -0.2) is 4.98 Å². The van der Waals surface area contributed by atoms with Crippen LogP contribution in [0.2, 0.25) is 0 Å². The fraction of sp³-hybridized carbons (Fsp3) is 0.370. The van der Waals surface area contributed by atoms with Gasteiger partial charge in [-0.1, -0.05) is 42.8 Å². The molecule has 1 aromatic heterocycles. The van der Waals surface area contributed by atoms with Crippen molar-refractivity contribution in [3.05, 3.63) is 84.1 Å². The molecule has 2 bridgehead atoms. The SMILES string of the molecule is CN1C2CCCC1CC2.Oc1cccc(CNCc2ccc(Oc3ccccc3)nc2)c1. The average molecular weight is 432 g/mol. The number of nitrogens with one attached hydrogen (secondary N) is 1. The Hall–Kier alpha value is -2.89. The average Bonchev–Trinajstić information content (AvgIpc) is 3.00. The van der Waals surface area contributed by atoms with E-state index >= 15 is 0 Å². The molecule has 5 nitrogen and oxygen atoms in total. The number of hydrogen-bond acceptors (Lipinski definition) is 5. The zero-order valence-electron chi connectivity index (χ0n) is 18.8. The molecule has 32 heavy (non-hydrogen) atoms. The van der Waals surface area contributed by atoms with E-state index in [1.54, 1.807) is 18.3 Å². The lowest BCUT2D eigenvalue weighted by molar-refractivity contribution is 0.179. The molecule has 2 saturated heterocycles. The van der Waals surface area contributed by atoms with E-state index in [1.165, 1.54) is 32.1 Å². The molecule has 0 saturated carbocycles. The molecule has 3 heterocycles. The second kappa shape index (κ2) is 11.1. The molecule has 0 aliphatic carbocycles. The Bertz CT molecular complexity index is 946. The van der Waals surface area contributed by atoms with E-state index in [0.29, 0.717) is 19.0 Å². The first-order chi connectivity index (χ1) is 15.7. The molecule has 3 aromatic rings. The van der Waals surface area contributed by atoms with Crippen molar-refractivity contribution < 1.29 is 9.84 Å². The number of nitrogens with zero attached hydrogens (tertiary/aromatic N) is 2. The Morgan fingerprint density at radius 3 is 2.31 bits per heavy atom. The van der Waals surface area contributed by atoms with Gasteiger partial charge in [0.2, 0.25) is 5.88 Å². The van der Waals surface area contributed by atoms with Crippen LogP contribution in [-0.4, -0.2) is 34.1 Å². The molecular weight excluding hydrogens is 398 g/mol. The molecule has 2 atom stereocenters. The van der Waals surface area contributed by atoms with Crippen LogP contribution < -0.4 is 10.1 Å². The fourth-order valence-electron chi connectivity index (χ4n) is 4.58. The summed E-state index contributed by atoms with van der Waals surface area (Å²) in [6.07, 6.45) is 9.16. The predicted molar refractivity (Wildman–Crippen MR) is 128 cm³/mol. The minimum atomic E-state index is 0.286. The van der Waals surface area contributed by atoms with Gasteiger partial charge >= 0.3 is 0 Å². The summed E-state index contributed by atoms with van der Waals surface area (Å²) < 4.78 is 5.66. The summed E-state index contributed by atoms with van der Waals surface area (Å²) in [5.74, 6) is 1.64. The third-order valence-electron chi connectivity index (χ3n) is 6.39. The lowest BCUT2D eigenvalue weighted by atomic mass is 10.0. The number of para-hydroxylation sites is 1. The number of hydrogen-bond donors (Lipinski definition) is 2. The van der Waals surface area contributed by atoms with Crippen molar-refractivity contribution in [3.63, 3.8) is 0 Å². The van der Waals surface area contributed by atoms with Gasteiger partial charge in [-0.2, -0.15) is 0 Å². The predicted octanol–water partition coefficient (Wildman–Crippen LogP) is 5.50. The van der Waals surface area contributed by atoms with Gasteiger partial charge in [0.25, 0.3) is 0 Å². The molecule has 2 unspecified atom stereocenters. The maximum absolute atomic E-state index is 9.43. The molecule has 0 amide bonds. The van der Waals surface area contributed by atoms with Crippen molar-refractivity contribution in [2.45, 2.75) is 57.3 Å². The number of ether oxygens (including phenoxy) is 1. The standard InChI is InChI=1S/C19H18N2O2.C8H15N/c22-17-6-4-5-15(11-17)12-20-13-16-9-10-19(21-14-16)23-18-7-2-1-3-8-18;1-9-7-3-2-4-8(9)6-5-7/h1-11,14,20,22H,12-13H2;7-8H,2-6H2,1H3. The minimum Gasteiger partial charge on any atom is -0.508 e. The number of fused-ring (bicyclic) bond motifs is 2. The molecule has 2 aliphatic heterocycles. The first kappa shape index (κ1) is 22.3. The second-order valence-electron chi connectivity index (χ2n) is 8.67. The number of aromatic nitrogens is 1. The molecular formula is C27H33N3O2. The van der Waals surface area contributed by atoms with Crippen LogP contribution in [-0.2, 0) is 13.1 Å². The molecule has 2 aromatic carbocycles. The second-order valence-corrected chi connectivity index (χ2v) is 8.67. The van der Waals surface area contributed by atoms with Crippen LogP contribution in [0.1, 0.15) is 43.2 Å². The highest BCUT2D eigenvalue weighted by Crippen LogP contribution is 2.33. The topological polar surface area (TPSA) is 57.6 Å². The van der Waals surface area contributed by atoms with E-state index < -0.39 is 0 Å². The van der Waals surface area contributed by atoms with E-state index in [2.05, 4.69) is 22.2 Å². The lowest BCUT2D eigenvalue weighted by Gasteiger charge is -2.30. The van der Waals surface area contributed by atoms with Crippen molar-refractivity contribution in [1.82, 2.24) is 15.2 Å². The Morgan fingerprint density at radius 1 is 0.906 bits per heavy atom. The maximum atomic E-state index is 9.43. The van der Waals surface area contributed by atoms with Crippen molar-refractivity contribution in [2.24, 2.45) is 0 Å². The van der Waals surface area contributed by atoms with Gasteiger partial charge in [0.15, 0.2) is 0 Å². The van der Waals surface area contributed by atoms with Crippen molar-refractivity contribution >= 4 is 0 Å². The summed E-state index contributed by atoms with van der Waals surface area (Å²) >= 11 is 0. The van der Waals surface area contributed by atoms with E-state index in [4.69, 9.17) is 4.74 Å². The molecule has 2 N–H and O–H groups in total. The summed E-state index contributed by atoms with van der Waals surface area (Å²) in [7, 11) is 2.29. The number of phenols is 1. The molecule has 0 spiro atoms. The van der Waals surface area contributed by atoms with Crippen LogP contribution in [0.4, 0.5) is 0 Å². The van der Waals surface area contributed by atoms with Gasteiger partial charge in [0, 0.05) is 37.4 Å². The van der Waals surface area contributed by atoms with Crippen LogP contribution >= 0.6 is 0 Å². The van der Waals surface area contributed by atoms with Crippen LogP contribution in [0.25, 0.3) is 0 Å². The highest BCUT2D eigenvalue weighted by molar-refractivity contribution is 5.28. The normalized spacial score (nSPS) is 19.8. The van der Waals surface area contributed by atoms with Gasteiger partial charge in [-0.05, 0) is 68.1 Å².